The maximum atomic E-state index is 13.1. The van der Waals surface area contributed by atoms with Gasteiger partial charge in [0.1, 0.15) is 6.17 Å². The number of rotatable bonds is 3. The monoisotopic (exact) mass is 398 g/mol. The van der Waals surface area contributed by atoms with Crippen molar-refractivity contribution in [3.8, 4) is 0 Å². The molecule has 1 amide bonds. The highest BCUT2D eigenvalue weighted by molar-refractivity contribution is 5.80. The minimum atomic E-state index is -0.141. The summed E-state index contributed by atoms with van der Waals surface area (Å²) in [6, 6.07) is 3.93. The fourth-order valence-electron chi connectivity index (χ4n) is 4.75. The minimum absolute atomic E-state index is 0.0284. The third kappa shape index (κ3) is 3.94. The van der Waals surface area contributed by atoms with Gasteiger partial charge in [-0.15, -0.1) is 0 Å². The van der Waals surface area contributed by atoms with Crippen LogP contribution in [0.4, 0.5) is 0 Å². The number of nitrogens with one attached hydrogen (secondary N) is 2. The molecule has 5 unspecified atom stereocenters. The summed E-state index contributed by atoms with van der Waals surface area (Å²) in [5, 5.41) is 4.02. The molecule has 156 valence electrons. The lowest BCUT2D eigenvalue weighted by atomic mass is 9.71. The van der Waals surface area contributed by atoms with E-state index in [0.29, 0.717) is 12.3 Å². The summed E-state index contributed by atoms with van der Waals surface area (Å²) in [4.78, 5) is 35.7. The Morgan fingerprint density at radius 3 is 2.79 bits per heavy atom. The lowest BCUT2D eigenvalue weighted by Gasteiger charge is -2.34. The quantitative estimate of drug-likeness (QED) is 0.830. The molecule has 0 radical (unpaired) electrons. The number of aromatic nitrogens is 2. The van der Waals surface area contributed by atoms with Crippen molar-refractivity contribution in [3.63, 3.8) is 0 Å². The second kappa shape index (κ2) is 7.88. The van der Waals surface area contributed by atoms with E-state index in [1.165, 1.54) is 0 Å². The number of hydroxylamine groups is 1. The van der Waals surface area contributed by atoms with Crippen LogP contribution in [0.2, 0.25) is 0 Å². The Hall–Kier alpha value is -2.25. The van der Waals surface area contributed by atoms with Crippen LogP contribution in [0.15, 0.2) is 23.1 Å². The fourth-order valence-corrected chi connectivity index (χ4v) is 4.75. The highest BCUT2D eigenvalue weighted by atomic mass is 16.7. The third-order valence-corrected chi connectivity index (χ3v) is 6.53. The van der Waals surface area contributed by atoms with E-state index in [-0.39, 0.29) is 35.6 Å². The van der Waals surface area contributed by atoms with E-state index in [4.69, 9.17) is 4.84 Å². The lowest BCUT2D eigenvalue weighted by Crippen LogP contribution is -2.45. The van der Waals surface area contributed by atoms with Gasteiger partial charge in [-0.3, -0.25) is 19.4 Å². The molecule has 2 aromatic rings. The number of carbonyl (C=O) groups is 1. The van der Waals surface area contributed by atoms with E-state index in [1.54, 1.807) is 4.57 Å². The van der Waals surface area contributed by atoms with Crippen LogP contribution in [0.5, 0.6) is 0 Å². The smallest absolute Gasteiger partial charge is 0.254 e. The Balaban J connectivity index is 1.59. The van der Waals surface area contributed by atoms with E-state index in [0.717, 1.165) is 41.4 Å². The Morgan fingerprint density at radius 2 is 2.07 bits per heavy atom. The Kier molecular flexibility index (Phi) is 5.44. The van der Waals surface area contributed by atoms with Gasteiger partial charge in [-0.1, -0.05) is 6.92 Å². The zero-order valence-electron chi connectivity index (χ0n) is 17.6. The van der Waals surface area contributed by atoms with Crippen molar-refractivity contribution in [1.29, 1.82) is 0 Å². The Bertz CT molecular complexity index is 986. The molecule has 2 aliphatic rings. The molecular formula is C22H30N4O3. The summed E-state index contributed by atoms with van der Waals surface area (Å²) in [6.07, 6.45) is 5.02. The average molecular weight is 399 g/mol. The molecule has 2 N–H and O–H groups in total. The van der Waals surface area contributed by atoms with Crippen LogP contribution in [-0.4, -0.2) is 27.7 Å². The molecule has 0 aromatic carbocycles. The third-order valence-electron chi connectivity index (χ3n) is 6.53. The predicted molar refractivity (Wildman–Crippen MR) is 111 cm³/mol. The first-order valence-corrected chi connectivity index (χ1v) is 10.5. The molecule has 0 spiro atoms. The maximum Gasteiger partial charge on any atom is 0.254 e. The number of hydrogen-bond donors (Lipinski definition) is 2. The van der Waals surface area contributed by atoms with Gasteiger partial charge in [0, 0.05) is 42.2 Å². The number of pyridine rings is 2. The number of hydrogen-bond acceptors (Lipinski definition) is 5. The van der Waals surface area contributed by atoms with Crippen molar-refractivity contribution in [2.45, 2.75) is 64.6 Å². The summed E-state index contributed by atoms with van der Waals surface area (Å²) in [5.74, 6) is 0.378. The van der Waals surface area contributed by atoms with Crippen molar-refractivity contribution >= 4 is 16.8 Å². The molecular weight excluding hydrogens is 368 g/mol. The number of nitrogens with zero attached hydrogens (tertiary/aromatic N) is 2. The molecule has 4 rings (SSSR count). The largest absolute Gasteiger partial charge is 0.338 e. The van der Waals surface area contributed by atoms with Gasteiger partial charge in [0.2, 0.25) is 5.91 Å². The molecule has 2 fully saturated rings. The first kappa shape index (κ1) is 20.0. The molecule has 3 heterocycles. The van der Waals surface area contributed by atoms with E-state index in [9.17, 15) is 9.59 Å². The Morgan fingerprint density at radius 1 is 1.28 bits per heavy atom. The van der Waals surface area contributed by atoms with Crippen molar-refractivity contribution < 1.29 is 9.63 Å². The molecule has 29 heavy (non-hydrogen) atoms. The second-order valence-corrected chi connectivity index (χ2v) is 8.79. The minimum Gasteiger partial charge on any atom is -0.338 e. The van der Waals surface area contributed by atoms with Gasteiger partial charge >= 0.3 is 0 Å². The zero-order valence-corrected chi connectivity index (χ0v) is 17.6. The highest BCUT2D eigenvalue weighted by Gasteiger charge is 2.35. The van der Waals surface area contributed by atoms with Crippen LogP contribution in [0.1, 0.15) is 56.7 Å². The summed E-state index contributed by atoms with van der Waals surface area (Å²) >= 11 is 0. The molecule has 7 nitrogen and oxygen atoms in total. The highest BCUT2D eigenvalue weighted by Crippen LogP contribution is 2.40. The van der Waals surface area contributed by atoms with E-state index >= 15 is 0 Å². The van der Waals surface area contributed by atoms with Crippen LogP contribution in [-0.2, 0) is 16.7 Å². The molecule has 2 aromatic heterocycles. The van der Waals surface area contributed by atoms with Gasteiger partial charge < -0.3 is 9.88 Å². The van der Waals surface area contributed by atoms with Crippen LogP contribution in [0, 0.1) is 18.8 Å². The molecule has 1 saturated carbocycles. The van der Waals surface area contributed by atoms with Crippen LogP contribution in [0.25, 0.3) is 10.9 Å². The molecule has 7 heteroatoms. The standard InChI is InChI=1S/C22H30N4O3/c1-12-5-6-15(21(27)24-20-8-14(3)29-25-20)9-17(12)18-10-16-11-23-13(2)7-19(16)26(4)22(18)28/h7,10-12,14-15,17,20,25H,5-6,8-9H2,1-4H3,(H,24,27). The topological polar surface area (TPSA) is 85.2 Å². The van der Waals surface area contributed by atoms with E-state index in [1.807, 2.05) is 39.2 Å². The van der Waals surface area contributed by atoms with Gasteiger partial charge in [0.15, 0.2) is 0 Å². The average Bonchev–Trinajstić information content (AvgIpc) is 3.10. The zero-order chi connectivity index (χ0) is 20.7. The van der Waals surface area contributed by atoms with Crippen LogP contribution < -0.4 is 16.4 Å². The van der Waals surface area contributed by atoms with Crippen molar-refractivity contribution in [2.75, 3.05) is 0 Å². The number of amides is 1. The van der Waals surface area contributed by atoms with E-state index < -0.39 is 0 Å². The summed E-state index contributed by atoms with van der Waals surface area (Å²) < 4.78 is 1.72. The molecule has 1 aliphatic heterocycles. The lowest BCUT2D eigenvalue weighted by molar-refractivity contribution is -0.127. The molecule has 0 bridgehead atoms. The summed E-state index contributed by atoms with van der Waals surface area (Å²) in [5.41, 5.74) is 5.49. The van der Waals surface area contributed by atoms with Crippen molar-refractivity contribution in [2.24, 2.45) is 18.9 Å². The predicted octanol–water partition coefficient (Wildman–Crippen LogP) is 2.52. The number of fused-ring (bicyclic) bond motifs is 1. The first-order valence-electron chi connectivity index (χ1n) is 10.5. The SMILES string of the molecule is Cc1cc2c(cn1)cc(C1CC(C(=O)NC3CC(C)ON3)CCC1C)c(=O)n2C. The number of aryl methyl sites for hydroxylation is 2. The maximum absolute atomic E-state index is 13.1. The van der Waals surface area contributed by atoms with Crippen molar-refractivity contribution in [3.05, 3.63) is 39.9 Å². The van der Waals surface area contributed by atoms with E-state index in [2.05, 4.69) is 22.7 Å². The van der Waals surface area contributed by atoms with Gasteiger partial charge in [-0.25, -0.2) is 0 Å². The van der Waals surface area contributed by atoms with Gasteiger partial charge in [0.05, 0.1) is 11.6 Å². The summed E-state index contributed by atoms with van der Waals surface area (Å²) in [6.45, 7) is 6.09. The van der Waals surface area contributed by atoms with Gasteiger partial charge in [-0.2, -0.15) is 5.48 Å². The molecule has 1 aliphatic carbocycles. The number of carbonyl (C=O) groups excluding carboxylic acids is 1. The van der Waals surface area contributed by atoms with Gasteiger partial charge in [-0.05, 0) is 57.1 Å². The fraction of sp³-hybridized carbons (Fsp3) is 0.591. The summed E-state index contributed by atoms with van der Waals surface area (Å²) in [7, 11) is 1.82. The molecule has 5 atom stereocenters. The normalized spacial score (nSPS) is 29.9. The van der Waals surface area contributed by atoms with Crippen LogP contribution >= 0.6 is 0 Å². The second-order valence-electron chi connectivity index (χ2n) is 8.79. The molecule has 1 saturated heterocycles. The van der Waals surface area contributed by atoms with Crippen LogP contribution in [0.3, 0.4) is 0 Å². The van der Waals surface area contributed by atoms with Crippen molar-refractivity contribution in [1.82, 2.24) is 20.3 Å². The van der Waals surface area contributed by atoms with Gasteiger partial charge in [0.25, 0.3) is 5.56 Å². The first-order chi connectivity index (χ1) is 13.8. The Labute approximate surface area is 170 Å².